The van der Waals surface area contributed by atoms with Gasteiger partial charge in [-0.15, -0.1) is 0 Å². The van der Waals surface area contributed by atoms with Crippen molar-refractivity contribution in [2.45, 2.75) is 6.61 Å². The molecule has 0 atom stereocenters. The highest BCUT2D eigenvalue weighted by atomic mass is 79.9. The smallest absolute Gasteiger partial charge is 0.271 e. The van der Waals surface area contributed by atoms with Gasteiger partial charge >= 0.3 is 0 Å². The van der Waals surface area contributed by atoms with Crippen LogP contribution < -0.4 is 4.74 Å². The van der Waals surface area contributed by atoms with E-state index in [-0.39, 0.29) is 5.69 Å². The number of nitro groups is 1. The number of rotatable bonds is 4. The molecular weight excluding hydrogens is 458 g/mol. The molecule has 0 saturated carbocycles. The Morgan fingerprint density at radius 2 is 1.60 bits per heavy atom. The molecule has 0 heterocycles. The third-order valence-corrected chi connectivity index (χ3v) is 4.20. The summed E-state index contributed by atoms with van der Waals surface area (Å²) >= 11 is 9.94. The lowest BCUT2D eigenvalue weighted by atomic mass is 10.2. The molecule has 0 aliphatic heterocycles. The van der Waals surface area contributed by atoms with Crippen molar-refractivity contribution in [3.05, 3.63) is 65.5 Å². The van der Waals surface area contributed by atoms with Gasteiger partial charge in [0.25, 0.3) is 5.69 Å². The minimum Gasteiger partial charge on any atom is -0.487 e. The number of hydrogen-bond donors (Lipinski definition) is 0. The average molecular weight is 466 g/mol. The molecule has 20 heavy (non-hydrogen) atoms. The molecule has 0 aromatic heterocycles. The summed E-state index contributed by atoms with van der Waals surface area (Å²) in [5, 5.41) is 10.7. The lowest BCUT2D eigenvalue weighted by Crippen LogP contribution is -1.98. The molecule has 0 N–H and O–H groups in total. The quantitative estimate of drug-likeness (QED) is 0.445. The summed E-state index contributed by atoms with van der Waals surface area (Å²) in [5.74, 6) is 0.540. The van der Waals surface area contributed by atoms with E-state index >= 15 is 0 Å². The van der Waals surface area contributed by atoms with Crippen LogP contribution in [0.25, 0.3) is 0 Å². The monoisotopic (exact) mass is 463 g/mol. The molecule has 0 aliphatic rings. The maximum absolute atomic E-state index is 10.7. The first kappa shape index (κ1) is 15.5. The average Bonchev–Trinajstić information content (AvgIpc) is 2.39. The Bertz CT molecular complexity index is 621. The molecule has 0 amide bonds. The van der Waals surface area contributed by atoms with Crippen molar-refractivity contribution in [3.8, 4) is 5.75 Å². The summed E-state index contributed by atoms with van der Waals surface area (Å²) in [4.78, 5) is 10.3. The Kier molecular flexibility index (Phi) is 5.17. The summed E-state index contributed by atoms with van der Waals surface area (Å²) in [7, 11) is 0. The molecule has 0 radical (unpaired) electrons. The largest absolute Gasteiger partial charge is 0.487 e. The van der Waals surface area contributed by atoms with Gasteiger partial charge < -0.3 is 4.74 Å². The predicted octanol–water partition coefficient (Wildman–Crippen LogP) is 5.46. The lowest BCUT2D eigenvalue weighted by molar-refractivity contribution is -0.385. The van der Waals surface area contributed by atoms with Crippen molar-refractivity contribution in [1.29, 1.82) is 0 Å². The highest BCUT2D eigenvalue weighted by molar-refractivity contribution is 9.11. The van der Waals surface area contributed by atoms with Crippen LogP contribution in [0.15, 0.2) is 49.8 Å². The Morgan fingerprint density at radius 3 is 2.10 bits per heavy atom. The fraction of sp³-hybridized carbons (Fsp3) is 0.0769. The SMILES string of the molecule is O=[N+]([O-])c1cc(Br)c(OCc2ccc(Br)cc2)c(Br)c1. The summed E-state index contributed by atoms with van der Waals surface area (Å²) < 4.78 is 7.77. The fourth-order valence-corrected chi connectivity index (χ4v) is 3.18. The highest BCUT2D eigenvalue weighted by Crippen LogP contribution is 2.37. The topological polar surface area (TPSA) is 52.4 Å². The molecular formula is C13H8Br3NO3. The molecule has 0 saturated heterocycles. The Labute approximate surface area is 140 Å². The van der Waals surface area contributed by atoms with Crippen LogP contribution in [0.2, 0.25) is 0 Å². The van der Waals surface area contributed by atoms with Crippen LogP contribution in [0.5, 0.6) is 5.75 Å². The van der Waals surface area contributed by atoms with E-state index in [2.05, 4.69) is 47.8 Å². The number of hydrogen-bond acceptors (Lipinski definition) is 3. The Balaban J connectivity index is 2.17. The second-order valence-corrected chi connectivity index (χ2v) is 6.54. The van der Waals surface area contributed by atoms with Crippen molar-refractivity contribution < 1.29 is 9.66 Å². The summed E-state index contributed by atoms with van der Waals surface area (Å²) in [6.07, 6.45) is 0. The first-order valence-electron chi connectivity index (χ1n) is 5.48. The second kappa shape index (κ2) is 6.69. The maximum Gasteiger partial charge on any atom is 0.271 e. The number of benzene rings is 2. The van der Waals surface area contributed by atoms with Crippen LogP contribution in [0.4, 0.5) is 5.69 Å². The van der Waals surface area contributed by atoms with Crippen LogP contribution in [-0.4, -0.2) is 4.92 Å². The Hall–Kier alpha value is -0.920. The summed E-state index contributed by atoms with van der Waals surface area (Å²) in [6.45, 7) is 0.377. The van der Waals surface area contributed by atoms with Crippen molar-refractivity contribution in [2.75, 3.05) is 0 Å². The standard InChI is InChI=1S/C13H8Br3NO3/c14-9-3-1-8(2-4-9)7-20-13-11(15)5-10(17(18)19)6-12(13)16/h1-6H,7H2. The van der Waals surface area contributed by atoms with E-state index in [9.17, 15) is 10.1 Å². The zero-order valence-electron chi connectivity index (χ0n) is 9.98. The molecule has 2 rings (SSSR count). The second-order valence-electron chi connectivity index (χ2n) is 3.91. The molecule has 2 aromatic rings. The number of halogens is 3. The number of nitrogens with zero attached hydrogens (tertiary/aromatic N) is 1. The van der Waals surface area contributed by atoms with E-state index in [1.165, 1.54) is 12.1 Å². The number of non-ortho nitro benzene ring substituents is 1. The van der Waals surface area contributed by atoms with E-state index in [1.807, 2.05) is 24.3 Å². The normalized spacial score (nSPS) is 10.3. The van der Waals surface area contributed by atoms with Gasteiger partial charge in [0, 0.05) is 16.6 Å². The van der Waals surface area contributed by atoms with Crippen molar-refractivity contribution in [2.24, 2.45) is 0 Å². The van der Waals surface area contributed by atoms with Gasteiger partial charge in [0.15, 0.2) is 0 Å². The minimum absolute atomic E-state index is 0.000239. The van der Waals surface area contributed by atoms with Gasteiger partial charge in [-0.25, -0.2) is 0 Å². The van der Waals surface area contributed by atoms with Crippen molar-refractivity contribution in [3.63, 3.8) is 0 Å². The fourth-order valence-electron chi connectivity index (χ4n) is 1.53. The van der Waals surface area contributed by atoms with E-state index < -0.39 is 4.92 Å². The van der Waals surface area contributed by atoms with Crippen LogP contribution in [0.1, 0.15) is 5.56 Å². The molecule has 0 aliphatic carbocycles. The van der Waals surface area contributed by atoms with Crippen LogP contribution >= 0.6 is 47.8 Å². The van der Waals surface area contributed by atoms with Gasteiger partial charge in [-0.05, 0) is 49.6 Å². The predicted molar refractivity (Wildman–Crippen MR) is 87.0 cm³/mol. The molecule has 2 aromatic carbocycles. The number of nitro benzene ring substituents is 1. The van der Waals surface area contributed by atoms with Gasteiger partial charge in [-0.3, -0.25) is 10.1 Å². The first-order valence-corrected chi connectivity index (χ1v) is 7.86. The van der Waals surface area contributed by atoms with Crippen molar-refractivity contribution in [1.82, 2.24) is 0 Å². The summed E-state index contributed by atoms with van der Waals surface area (Å²) in [6, 6.07) is 10.6. The van der Waals surface area contributed by atoms with Crippen molar-refractivity contribution >= 4 is 53.5 Å². The zero-order chi connectivity index (χ0) is 14.7. The van der Waals surface area contributed by atoms with E-state index in [4.69, 9.17) is 4.74 Å². The third-order valence-electron chi connectivity index (χ3n) is 2.49. The van der Waals surface area contributed by atoms with Gasteiger partial charge in [0.1, 0.15) is 12.4 Å². The van der Waals surface area contributed by atoms with E-state index in [0.717, 1.165) is 10.0 Å². The first-order chi connectivity index (χ1) is 9.47. The van der Waals surface area contributed by atoms with Gasteiger partial charge in [-0.1, -0.05) is 28.1 Å². The van der Waals surface area contributed by atoms with E-state index in [0.29, 0.717) is 21.3 Å². The molecule has 104 valence electrons. The molecule has 0 fully saturated rings. The summed E-state index contributed by atoms with van der Waals surface area (Å²) in [5.41, 5.74) is 1.00. The molecule has 0 spiro atoms. The Morgan fingerprint density at radius 1 is 1.05 bits per heavy atom. The van der Waals surface area contributed by atoms with Gasteiger partial charge in [0.2, 0.25) is 0 Å². The molecule has 0 unspecified atom stereocenters. The van der Waals surface area contributed by atoms with E-state index in [1.54, 1.807) is 0 Å². The minimum atomic E-state index is -0.450. The third kappa shape index (κ3) is 3.80. The highest BCUT2D eigenvalue weighted by Gasteiger charge is 2.15. The van der Waals surface area contributed by atoms with Crippen LogP contribution in [0, 0.1) is 10.1 Å². The van der Waals surface area contributed by atoms with Gasteiger partial charge in [0.05, 0.1) is 13.9 Å². The molecule has 0 bridgehead atoms. The zero-order valence-corrected chi connectivity index (χ0v) is 14.7. The lowest BCUT2D eigenvalue weighted by Gasteiger charge is -2.10. The van der Waals surface area contributed by atoms with Crippen LogP contribution in [0.3, 0.4) is 0 Å². The number of ether oxygens (including phenoxy) is 1. The van der Waals surface area contributed by atoms with Gasteiger partial charge in [-0.2, -0.15) is 0 Å². The molecule has 4 nitrogen and oxygen atoms in total. The van der Waals surface area contributed by atoms with Crippen LogP contribution in [-0.2, 0) is 6.61 Å². The molecule has 7 heteroatoms. The maximum atomic E-state index is 10.7.